The molecule has 0 spiro atoms. The first-order valence-corrected chi connectivity index (χ1v) is 16.6. The highest BCUT2D eigenvalue weighted by molar-refractivity contribution is 6.74. The first-order valence-electron chi connectivity index (χ1n) is 13.0. The van der Waals surface area contributed by atoms with Crippen molar-refractivity contribution in [2.24, 2.45) is 0 Å². The third kappa shape index (κ3) is 5.94. The van der Waals surface area contributed by atoms with Gasteiger partial charge in [-0.3, -0.25) is 0 Å². The maximum atomic E-state index is 13.7. The number of nitrogens with zero attached hydrogens (tertiary/aromatic N) is 5. The number of aromatic nitrogens is 3. The van der Waals surface area contributed by atoms with Crippen molar-refractivity contribution in [3.8, 4) is 5.69 Å². The number of fused-ring (bicyclic) bond motifs is 1. The molecule has 1 unspecified atom stereocenters. The quantitative estimate of drug-likeness (QED) is 0.284. The molecule has 2 aromatic heterocycles. The highest BCUT2D eigenvalue weighted by Gasteiger charge is 2.37. The van der Waals surface area contributed by atoms with Crippen LogP contribution in [0.3, 0.4) is 0 Å². The Morgan fingerprint density at radius 3 is 2.51 bits per heavy atom. The standard InChI is InChI=1S/C27H35Cl2N5O4Si/c1-17-16-32(26(36)37)12-13-33(17)23-19-15-20(28)22(29)30-24(19)34(25(35)31-23)21-10-8-7-9-18(21)11-14-38-39(5,6)27(2,3)4/h7-10,15,17H,11-14,16H2,1-6H3,(H,36,37). The molecule has 3 aromatic rings. The molecule has 0 aliphatic carbocycles. The second-order valence-corrected chi connectivity index (χ2v) is 17.0. The highest BCUT2D eigenvalue weighted by Crippen LogP contribution is 2.37. The number of carbonyl (C=O) groups is 1. The van der Waals surface area contributed by atoms with Gasteiger partial charge in [0.05, 0.1) is 16.1 Å². The van der Waals surface area contributed by atoms with Crippen molar-refractivity contribution >= 4 is 54.5 Å². The van der Waals surface area contributed by atoms with Gasteiger partial charge in [0, 0.05) is 32.3 Å². The summed E-state index contributed by atoms with van der Waals surface area (Å²) in [7, 11) is -1.94. The van der Waals surface area contributed by atoms with Crippen LogP contribution in [-0.2, 0) is 10.8 Å². The van der Waals surface area contributed by atoms with Crippen LogP contribution in [0.25, 0.3) is 16.7 Å². The van der Waals surface area contributed by atoms with Gasteiger partial charge in [-0.2, -0.15) is 4.98 Å². The van der Waals surface area contributed by atoms with E-state index in [1.807, 2.05) is 36.1 Å². The molecule has 0 bridgehead atoms. The van der Waals surface area contributed by atoms with E-state index in [0.29, 0.717) is 42.1 Å². The first kappa shape index (κ1) is 29.3. The van der Waals surface area contributed by atoms with E-state index in [-0.39, 0.29) is 34.3 Å². The van der Waals surface area contributed by atoms with Crippen LogP contribution in [0, 0.1) is 0 Å². The zero-order valence-corrected chi connectivity index (χ0v) is 25.7. The second kappa shape index (κ2) is 11.1. The number of pyridine rings is 1. The van der Waals surface area contributed by atoms with E-state index in [1.165, 1.54) is 9.47 Å². The van der Waals surface area contributed by atoms with Crippen molar-refractivity contribution in [1.29, 1.82) is 0 Å². The van der Waals surface area contributed by atoms with Gasteiger partial charge in [-0.05, 0) is 49.2 Å². The van der Waals surface area contributed by atoms with Crippen LogP contribution in [0.2, 0.25) is 28.3 Å². The smallest absolute Gasteiger partial charge is 0.407 e. The maximum absolute atomic E-state index is 13.7. The number of hydrogen-bond donors (Lipinski definition) is 1. The van der Waals surface area contributed by atoms with E-state index < -0.39 is 20.1 Å². The Kier molecular flexibility index (Phi) is 8.33. The minimum Gasteiger partial charge on any atom is -0.465 e. The van der Waals surface area contributed by atoms with E-state index in [9.17, 15) is 14.7 Å². The van der Waals surface area contributed by atoms with Crippen molar-refractivity contribution < 1.29 is 14.3 Å². The lowest BCUT2D eigenvalue weighted by molar-refractivity contribution is 0.136. The molecular weight excluding hydrogens is 557 g/mol. The molecule has 1 aliphatic rings. The molecule has 3 heterocycles. The molecule has 12 heteroatoms. The van der Waals surface area contributed by atoms with Crippen LogP contribution in [0.4, 0.5) is 10.6 Å². The van der Waals surface area contributed by atoms with Gasteiger partial charge in [-0.25, -0.2) is 19.1 Å². The highest BCUT2D eigenvalue weighted by atomic mass is 35.5. The number of piperazine rings is 1. The van der Waals surface area contributed by atoms with Gasteiger partial charge >= 0.3 is 11.8 Å². The number of amides is 1. The average Bonchev–Trinajstić information content (AvgIpc) is 2.84. The molecule has 1 N–H and O–H groups in total. The molecule has 0 saturated carbocycles. The van der Waals surface area contributed by atoms with Gasteiger partial charge in [0.25, 0.3) is 0 Å². The van der Waals surface area contributed by atoms with Gasteiger partial charge in [0.15, 0.2) is 14.0 Å². The zero-order valence-electron chi connectivity index (χ0n) is 23.2. The summed E-state index contributed by atoms with van der Waals surface area (Å²) in [4.78, 5) is 37.5. The van der Waals surface area contributed by atoms with Crippen LogP contribution in [0.5, 0.6) is 0 Å². The van der Waals surface area contributed by atoms with E-state index in [2.05, 4.69) is 43.8 Å². The molecule has 1 aromatic carbocycles. The van der Waals surface area contributed by atoms with E-state index in [4.69, 9.17) is 27.6 Å². The normalized spacial score (nSPS) is 16.7. The van der Waals surface area contributed by atoms with Crippen LogP contribution >= 0.6 is 23.2 Å². The Balaban J connectivity index is 1.79. The lowest BCUT2D eigenvalue weighted by Crippen LogP contribution is -2.54. The van der Waals surface area contributed by atoms with Crippen molar-refractivity contribution in [2.45, 2.75) is 58.3 Å². The van der Waals surface area contributed by atoms with E-state index in [0.717, 1.165) is 5.56 Å². The summed E-state index contributed by atoms with van der Waals surface area (Å²) in [6, 6.07) is 9.09. The Labute approximate surface area is 239 Å². The van der Waals surface area contributed by atoms with Crippen LogP contribution < -0.4 is 10.6 Å². The third-order valence-electron chi connectivity index (χ3n) is 7.80. The van der Waals surface area contributed by atoms with Crippen molar-refractivity contribution in [2.75, 3.05) is 31.1 Å². The predicted octanol–water partition coefficient (Wildman–Crippen LogP) is 5.84. The fourth-order valence-electron chi connectivity index (χ4n) is 4.54. The minimum absolute atomic E-state index is 0.0805. The second-order valence-electron chi connectivity index (χ2n) is 11.4. The lowest BCUT2D eigenvalue weighted by Gasteiger charge is -2.39. The van der Waals surface area contributed by atoms with Crippen LogP contribution in [-0.4, -0.2) is 71.2 Å². The van der Waals surface area contributed by atoms with Crippen molar-refractivity contribution in [3.05, 3.63) is 56.6 Å². The number of rotatable bonds is 6. The van der Waals surface area contributed by atoms with Gasteiger partial charge in [-0.15, -0.1) is 0 Å². The topological polar surface area (TPSA) is 101 Å². The number of benzene rings is 1. The average molecular weight is 593 g/mol. The first-order chi connectivity index (χ1) is 18.2. The van der Waals surface area contributed by atoms with Crippen LogP contribution in [0.1, 0.15) is 33.3 Å². The molecule has 1 atom stereocenters. The number of hydrogen-bond acceptors (Lipinski definition) is 6. The van der Waals surface area contributed by atoms with Gasteiger partial charge in [0.1, 0.15) is 11.0 Å². The van der Waals surface area contributed by atoms with E-state index >= 15 is 0 Å². The van der Waals surface area contributed by atoms with Crippen molar-refractivity contribution in [3.63, 3.8) is 0 Å². The maximum Gasteiger partial charge on any atom is 0.407 e. The molecule has 9 nitrogen and oxygen atoms in total. The molecule has 1 fully saturated rings. The zero-order chi connectivity index (χ0) is 28.7. The summed E-state index contributed by atoms with van der Waals surface area (Å²) in [6.07, 6.45) is -0.367. The number of carboxylic acid groups (broad SMARTS) is 1. The molecule has 1 aliphatic heterocycles. The minimum atomic E-state index is -1.94. The van der Waals surface area contributed by atoms with Crippen LogP contribution in [0.15, 0.2) is 35.1 Å². The third-order valence-corrected chi connectivity index (χ3v) is 13.0. The molecule has 39 heavy (non-hydrogen) atoms. The fourth-order valence-corrected chi connectivity index (χ4v) is 5.87. The monoisotopic (exact) mass is 591 g/mol. The Morgan fingerprint density at radius 2 is 1.87 bits per heavy atom. The summed E-state index contributed by atoms with van der Waals surface area (Å²) in [5.74, 6) is 0.411. The summed E-state index contributed by atoms with van der Waals surface area (Å²) in [5.41, 5.74) is 1.41. The molecule has 210 valence electrons. The Morgan fingerprint density at radius 1 is 1.18 bits per heavy atom. The Hall–Kier alpha value is -2.66. The number of para-hydroxylation sites is 1. The summed E-state index contributed by atoms with van der Waals surface area (Å²) < 4.78 is 7.88. The lowest BCUT2D eigenvalue weighted by atomic mass is 10.1. The largest absolute Gasteiger partial charge is 0.465 e. The van der Waals surface area contributed by atoms with Crippen molar-refractivity contribution in [1.82, 2.24) is 19.4 Å². The molecule has 1 saturated heterocycles. The fraction of sp³-hybridized carbons (Fsp3) is 0.481. The molecule has 0 radical (unpaired) electrons. The molecule has 4 rings (SSSR count). The SMILES string of the molecule is CC1CN(C(=O)O)CCN1c1nc(=O)n(-c2ccccc2CCO[Si](C)(C)C(C)(C)C)c2nc(Cl)c(Cl)cc12. The van der Waals surface area contributed by atoms with Gasteiger partial charge in [-0.1, -0.05) is 62.2 Å². The van der Waals surface area contributed by atoms with E-state index in [1.54, 1.807) is 6.07 Å². The van der Waals surface area contributed by atoms with Gasteiger partial charge in [0.2, 0.25) is 0 Å². The molecular formula is C27H35Cl2N5O4Si. The summed E-state index contributed by atoms with van der Waals surface area (Å²) in [6.45, 7) is 14.4. The Bertz CT molecular complexity index is 1460. The predicted molar refractivity (Wildman–Crippen MR) is 158 cm³/mol. The summed E-state index contributed by atoms with van der Waals surface area (Å²) in [5, 5.41) is 10.4. The van der Waals surface area contributed by atoms with Gasteiger partial charge < -0.3 is 19.3 Å². The number of halogens is 2. The summed E-state index contributed by atoms with van der Waals surface area (Å²) >= 11 is 12.7. The number of anilines is 1. The molecule has 1 amide bonds.